The highest BCUT2D eigenvalue weighted by molar-refractivity contribution is 5.71. The summed E-state index contributed by atoms with van der Waals surface area (Å²) in [4.78, 5) is 38.1. The van der Waals surface area contributed by atoms with Crippen LogP contribution in [-0.4, -0.2) is 37.2 Å². The van der Waals surface area contributed by atoms with E-state index in [2.05, 4.69) is 81.5 Å². The van der Waals surface area contributed by atoms with Gasteiger partial charge in [0.25, 0.3) is 0 Å². The summed E-state index contributed by atoms with van der Waals surface area (Å²) in [6.07, 6.45) is 76.8. The second kappa shape index (κ2) is 60.7. The number of allylic oxidation sites excluding steroid dienone is 10. The third-order valence-electron chi connectivity index (χ3n) is 13.8. The summed E-state index contributed by atoms with van der Waals surface area (Å²) in [6, 6.07) is 0. The van der Waals surface area contributed by atoms with Crippen molar-refractivity contribution in [2.45, 2.75) is 329 Å². The molecule has 0 saturated carbocycles. The number of carbonyl (C=O) groups is 3. The zero-order chi connectivity index (χ0) is 52.2. The van der Waals surface area contributed by atoms with Gasteiger partial charge in [0.2, 0.25) is 0 Å². The van der Waals surface area contributed by atoms with Gasteiger partial charge in [-0.25, -0.2) is 0 Å². The van der Waals surface area contributed by atoms with Crippen molar-refractivity contribution in [1.29, 1.82) is 0 Å². The maximum absolute atomic E-state index is 12.8. The molecule has 0 aromatic carbocycles. The molecule has 0 amide bonds. The molecular weight excluding hydrogens is 889 g/mol. The lowest BCUT2D eigenvalue weighted by Crippen LogP contribution is -2.30. The highest BCUT2D eigenvalue weighted by Gasteiger charge is 2.19. The minimum atomic E-state index is -0.773. The van der Waals surface area contributed by atoms with Gasteiger partial charge in [0.1, 0.15) is 13.2 Å². The normalized spacial score (nSPS) is 12.4. The summed E-state index contributed by atoms with van der Waals surface area (Å²) >= 11 is 0. The van der Waals surface area contributed by atoms with Gasteiger partial charge in [0, 0.05) is 19.3 Å². The Morgan fingerprint density at radius 1 is 0.292 bits per heavy atom. The quantitative estimate of drug-likeness (QED) is 0.0261. The van der Waals surface area contributed by atoms with Gasteiger partial charge in [0.05, 0.1) is 0 Å². The van der Waals surface area contributed by atoms with E-state index < -0.39 is 6.10 Å². The minimum absolute atomic E-state index is 0.0726. The molecule has 0 aliphatic rings. The van der Waals surface area contributed by atoms with E-state index in [0.29, 0.717) is 19.3 Å². The first-order valence-corrected chi connectivity index (χ1v) is 31.3. The fraction of sp³-hybridized carbons (Fsp3) is 0.803. The van der Waals surface area contributed by atoms with Crippen LogP contribution < -0.4 is 0 Å². The third-order valence-corrected chi connectivity index (χ3v) is 13.8. The number of rotatable bonds is 57. The largest absolute Gasteiger partial charge is 0.462 e. The summed E-state index contributed by atoms with van der Waals surface area (Å²) in [5.74, 6) is -0.868. The van der Waals surface area contributed by atoms with Gasteiger partial charge in [-0.05, 0) is 83.5 Å². The van der Waals surface area contributed by atoms with Crippen LogP contribution in [0.4, 0.5) is 0 Å². The fourth-order valence-corrected chi connectivity index (χ4v) is 9.08. The fourth-order valence-electron chi connectivity index (χ4n) is 9.08. The van der Waals surface area contributed by atoms with Gasteiger partial charge in [-0.2, -0.15) is 0 Å². The minimum Gasteiger partial charge on any atom is -0.462 e. The highest BCUT2D eigenvalue weighted by atomic mass is 16.6. The Bertz CT molecular complexity index is 1290. The molecule has 0 aliphatic heterocycles. The first kappa shape index (κ1) is 69.1. The van der Waals surface area contributed by atoms with Crippen LogP contribution in [0.1, 0.15) is 323 Å². The van der Waals surface area contributed by atoms with E-state index in [1.165, 1.54) is 193 Å². The summed E-state index contributed by atoms with van der Waals surface area (Å²) in [6.45, 7) is 6.52. The Balaban J connectivity index is 4.06. The van der Waals surface area contributed by atoms with Crippen LogP contribution >= 0.6 is 0 Å². The molecule has 0 heterocycles. The van der Waals surface area contributed by atoms with E-state index in [-0.39, 0.29) is 31.1 Å². The molecule has 0 rings (SSSR count). The Hall–Kier alpha value is -2.89. The Morgan fingerprint density at radius 2 is 0.542 bits per heavy atom. The predicted molar refractivity (Wildman–Crippen MR) is 312 cm³/mol. The molecule has 0 N–H and O–H groups in total. The zero-order valence-electron chi connectivity index (χ0n) is 47.9. The maximum Gasteiger partial charge on any atom is 0.306 e. The van der Waals surface area contributed by atoms with Gasteiger partial charge < -0.3 is 14.2 Å². The molecule has 0 fully saturated rings. The summed E-state index contributed by atoms with van der Waals surface area (Å²) in [5.41, 5.74) is 0. The molecule has 0 bridgehead atoms. The molecule has 6 nitrogen and oxygen atoms in total. The van der Waals surface area contributed by atoms with Crippen LogP contribution in [0.3, 0.4) is 0 Å². The SMILES string of the molecule is CC/C=C\C/C=C\C/C=C\C/C=C\CCCCCCCCCCCCCCCCCCCCC(=O)OCC(COC(=O)CCCCCCCCCCC)OC(=O)CCCCCCC/C=C\CCCCCCC. The molecule has 72 heavy (non-hydrogen) atoms. The Morgan fingerprint density at radius 3 is 0.861 bits per heavy atom. The number of carbonyl (C=O) groups excluding carboxylic acids is 3. The lowest BCUT2D eigenvalue weighted by atomic mass is 10.0. The molecule has 0 aliphatic carbocycles. The lowest BCUT2D eigenvalue weighted by Gasteiger charge is -2.18. The van der Waals surface area contributed by atoms with E-state index in [0.717, 1.165) is 89.9 Å². The summed E-state index contributed by atoms with van der Waals surface area (Å²) in [7, 11) is 0. The third kappa shape index (κ3) is 58.0. The molecule has 0 radical (unpaired) electrons. The first-order valence-electron chi connectivity index (χ1n) is 31.3. The van der Waals surface area contributed by atoms with E-state index in [1.807, 2.05) is 0 Å². The van der Waals surface area contributed by atoms with Crippen molar-refractivity contribution in [3.05, 3.63) is 60.8 Å². The highest BCUT2D eigenvalue weighted by Crippen LogP contribution is 2.17. The molecule has 1 unspecified atom stereocenters. The molecule has 0 saturated heterocycles. The number of ether oxygens (including phenoxy) is 3. The second-order valence-corrected chi connectivity index (χ2v) is 20.9. The molecule has 6 heteroatoms. The molecule has 0 spiro atoms. The summed E-state index contributed by atoms with van der Waals surface area (Å²) < 4.78 is 16.8. The molecular formula is C66H118O6. The number of hydrogen-bond acceptors (Lipinski definition) is 6. The van der Waals surface area contributed by atoms with Gasteiger partial charge >= 0.3 is 17.9 Å². The van der Waals surface area contributed by atoms with Crippen LogP contribution in [0.15, 0.2) is 60.8 Å². The Kier molecular flexibility index (Phi) is 58.2. The van der Waals surface area contributed by atoms with Crippen molar-refractivity contribution in [3.8, 4) is 0 Å². The Labute approximate surface area is 447 Å². The topological polar surface area (TPSA) is 78.9 Å². The van der Waals surface area contributed by atoms with Crippen molar-refractivity contribution in [3.63, 3.8) is 0 Å². The van der Waals surface area contributed by atoms with Gasteiger partial charge in [-0.1, -0.05) is 281 Å². The zero-order valence-corrected chi connectivity index (χ0v) is 47.9. The van der Waals surface area contributed by atoms with Crippen molar-refractivity contribution >= 4 is 17.9 Å². The van der Waals surface area contributed by atoms with E-state index in [4.69, 9.17) is 14.2 Å². The van der Waals surface area contributed by atoms with Crippen LogP contribution in [0.5, 0.6) is 0 Å². The average Bonchev–Trinajstić information content (AvgIpc) is 3.38. The monoisotopic (exact) mass is 1010 g/mol. The smallest absolute Gasteiger partial charge is 0.306 e. The molecule has 0 aromatic heterocycles. The van der Waals surface area contributed by atoms with Crippen LogP contribution in [0, 0.1) is 0 Å². The van der Waals surface area contributed by atoms with Crippen molar-refractivity contribution in [2.75, 3.05) is 13.2 Å². The predicted octanol–water partition coefficient (Wildman–Crippen LogP) is 21.2. The molecule has 0 aromatic rings. The summed E-state index contributed by atoms with van der Waals surface area (Å²) in [5, 5.41) is 0. The van der Waals surface area contributed by atoms with E-state index in [9.17, 15) is 14.4 Å². The first-order chi connectivity index (χ1) is 35.5. The standard InChI is InChI=1S/C66H118O6/c1-4-7-10-13-16-19-21-23-25-26-27-28-29-30-31-32-33-34-35-36-37-38-39-40-41-43-44-47-50-53-56-59-65(68)71-62-63(61-70-64(67)58-55-52-49-46-18-15-12-9-6-3)72-66(69)60-57-54-51-48-45-42-24-22-20-17-14-11-8-5-2/h7,10,16,19,22-25,27-28,63H,4-6,8-9,11-15,17-18,20-21,26,29-62H2,1-3H3/b10-7-,19-16-,24-22-,25-23-,28-27-. The van der Waals surface area contributed by atoms with Crippen LogP contribution in [-0.2, 0) is 28.6 Å². The van der Waals surface area contributed by atoms with Crippen molar-refractivity contribution in [1.82, 2.24) is 0 Å². The lowest BCUT2D eigenvalue weighted by molar-refractivity contribution is -0.167. The van der Waals surface area contributed by atoms with E-state index in [1.54, 1.807) is 0 Å². The van der Waals surface area contributed by atoms with Crippen LogP contribution in [0.25, 0.3) is 0 Å². The van der Waals surface area contributed by atoms with Crippen LogP contribution in [0.2, 0.25) is 0 Å². The van der Waals surface area contributed by atoms with Gasteiger partial charge in [-0.3, -0.25) is 14.4 Å². The maximum atomic E-state index is 12.8. The second-order valence-electron chi connectivity index (χ2n) is 20.9. The van der Waals surface area contributed by atoms with Gasteiger partial charge in [-0.15, -0.1) is 0 Å². The van der Waals surface area contributed by atoms with E-state index >= 15 is 0 Å². The molecule has 1 atom stereocenters. The number of esters is 3. The number of unbranched alkanes of at least 4 members (excludes halogenated alkanes) is 36. The average molecular weight is 1010 g/mol. The van der Waals surface area contributed by atoms with Crippen molar-refractivity contribution < 1.29 is 28.6 Å². The number of hydrogen-bond donors (Lipinski definition) is 0. The van der Waals surface area contributed by atoms with Gasteiger partial charge in [0.15, 0.2) is 6.10 Å². The van der Waals surface area contributed by atoms with Crippen molar-refractivity contribution in [2.24, 2.45) is 0 Å². The molecule has 418 valence electrons.